The topological polar surface area (TPSA) is 74.6 Å². The zero-order chi connectivity index (χ0) is 11.9. The van der Waals surface area contributed by atoms with E-state index in [1.165, 1.54) is 0 Å². The van der Waals surface area contributed by atoms with Gasteiger partial charge in [-0.2, -0.15) is 0 Å². The Labute approximate surface area is 98.0 Å². The van der Waals surface area contributed by atoms with E-state index in [0.717, 1.165) is 5.92 Å². The van der Waals surface area contributed by atoms with E-state index >= 15 is 0 Å². The summed E-state index contributed by atoms with van der Waals surface area (Å²) in [4.78, 5) is 22.8. The van der Waals surface area contributed by atoms with Gasteiger partial charge in [-0.1, -0.05) is 6.92 Å². The van der Waals surface area contributed by atoms with Gasteiger partial charge in [-0.05, 0) is 46.8 Å². The third-order valence-electron chi connectivity index (χ3n) is 7.32. The number of hydrogen-bond donors (Lipinski definition) is 2. The van der Waals surface area contributed by atoms with Crippen molar-refractivity contribution in [2.75, 3.05) is 0 Å². The SMILES string of the molecule is CC12C3[C@H]4C5[C@@H]3[C@@H]1C([C@@H](C(=O)O)[C@H]5C(=O)O)[C@H]42. The zero-order valence-corrected chi connectivity index (χ0v) is 9.41. The molecule has 0 amide bonds. The number of carboxylic acids is 2. The molecule has 6 fully saturated rings. The van der Waals surface area contributed by atoms with E-state index in [2.05, 4.69) is 6.92 Å². The van der Waals surface area contributed by atoms with Gasteiger partial charge in [0.15, 0.2) is 0 Å². The van der Waals surface area contributed by atoms with E-state index in [9.17, 15) is 19.8 Å². The van der Waals surface area contributed by atoms with Crippen molar-refractivity contribution < 1.29 is 19.8 Å². The van der Waals surface area contributed by atoms with Gasteiger partial charge in [0.25, 0.3) is 0 Å². The molecule has 4 unspecified atom stereocenters. The van der Waals surface area contributed by atoms with Crippen LogP contribution in [-0.2, 0) is 9.59 Å². The molecule has 4 nitrogen and oxygen atoms in total. The number of rotatable bonds is 2. The lowest BCUT2D eigenvalue weighted by molar-refractivity contribution is -0.526. The Morgan fingerprint density at radius 2 is 1.24 bits per heavy atom. The normalized spacial score (nSPS) is 71.2. The van der Waals surface area contributed by atoms with Crippen LogP contribution in [0.1, 0.15) is 6.92 Å². The maximum Gasteiger partial charge on any atom is 0.307 e. The van der Waals surface area contributed by atoms with Gasteiger partial charge in [0.2, 0.25) is 0 Å². The van der Waals surface area contributed by atoms with Crippen LogP contribution in [0.25, 0.3) is 0 Å². The summed E-state index contributed by atoms with van der Waals surface area (Å²) in [5.41, 5.74) is 0.424. The first-order valence-corrected chi connectivity index (χ1v) is 6.47. The van der Waals surface area contributed by atoms with Gasteiger partial charge < -0.3 is 10.2 Å². The van der Waals surface area contributed by atoms with E-state index in [1.54, 1.807) is 0 Å². The summed E-state index contributed by atoms with van der Waals surface area (Å²) in [5.74, 6) is 0.418. The molecule has 90 valence electrons. The van der Waals surface area contributed by atoms with Crippen LogP contribution in [0.5, 0.6) is 0 Å². The van der Waals surface area contributed by atoms with E-state index in [4.69, 9.17) is 0 Å². The molecule has 6 aliphatic rings. The van der Waals surface area contributed by atoms with Crippen molar-refractivity contribution in [3.63, 3.8) is 0 Å². The molecule has 4 heteroatoms. The van der Waals surface area contributed by atoms with Gasteiger partial charge in [-0.3, -0.25) is 9.59 Å². The van der Waals surface area contributed by atoms with Gasteiger partial charge in [0.1, 0.15) is 0 Å². The molecule has 0 aromatic rings. The van der Waals surface area contributed by atoms with Gasteiger partial charge in [0.05, 0.1) is 11.8 Å². The zero-order valence-electron chi connectivity index (χ0n) is 9.41. The molecular formula is C13H14O4. The second kappa shape index (κ2) is 2.02. The highest BCUT2D eigenvalue weighted by molar-refractivity contribution is 5.83. The summed E-state index contributed by atoms with van der Waals surface area (Å²) in [7, 11) is 0. The summed E-state index contributed by atoms with van der Waals surface area (Å²) in [6, 6.07) is 0. The molecule has 10 atom stereocenters. The molecule has 6 rings (SSSR count). The molecule has 2 N–H and O–H groups in total. The summed E-state index contributed by atoms with van der Waals surface area (Å²) in [5, 5.41) is 18.7. The monoisotopic (exact) mass is 234 g/mol. The first kappa shape index (κ1) is 8.95. The molecule has 0 spiro atoms. The molecule has 6 saturated carbocycles. The maximum absolute atomic E-state index is 11.4. The Hall–Kier alpha value is -1.06. The van der Waals surface area contributed by atoms with Crippen LogP contribution in [0.4, 0.5) is 0 Å². The Morgan fingerprint density at radius 1 is 0.824 bits per heavy atom. The van der Waals surface area contributed by atoms with E-state index in [-0.39, 0.29) is 11.8 Å². The van der Waals surface area contributed by atoms with Crippen LogP contribution >= 0.6 is 0 Å². The lowest BCUT2D eigenvalue weighted by Crippen LogP contribution is -2.97. The van der Waals surface area contributed by atoms with E-state index < -0.39 is 23.8 Å². The highest BCUT2D eigenvalue weighted by Crippen LogP contribution is 2.98. The predicted molar refractivity (Wildman–Crippen MR) is 54.8 cm³/mol. The van der Waals surface area contributed by atoms with Crippen molar-refractivity contribution in [2.24, 2.45) is 58.7 Å². The first-order chi connectivity index (χ1) is 8.01. The Kier molecular flexibility index (Phi) is 1.06. The van der Waals surface area contributed by atoms with E-state index in [0.29, 0.717) is 29.1 Å². The number of fused-ring (bicyclic) bond motifs is 1. The number of carboxylic acid groups (broad SMARTS) is 2. The van der Waals surface area contributed by atoms with Gasteiger partial charge in [-0.15, -0.1) is 0 Å². The second-order valence-electron chi connectivity index (χ2n) is 6.98. The molecule has 0 saturated heterocycles. The molecule has 0 heterocycles. The molecule has 6 aliphatic carbocycles. The lowest BCUT2D eigenvalue weighted by Gasteiger charge is -2.99. The Balaban J connectivity index is 1.63. The number of carbonyl (C=O) groups is 2. The summed E-state index contributed by atoms with van der Waals surface area (Å²) < 4.78 is 0. The summed E-state index contributed by atoms with van der Waals surface area (Å²) in [6.45, 7) is 2.30. The number of hydrogen-bond acceptors (Lipinski definition) is 2. The first-order valence-electron chi connectivity index (χ1n) is 6.47. The molecule has 17 heavy (non-hydrogen) atoms. The van der Waals surface area contributed by atoms with Crippen molar-refractivity contribution in [1.29, 1.82) is 0 Å². The molecule has 0 aromatic carbocycles. The van der Waals surface area contributed by atoms with Crippen LogP contribution in [0.15, 0.2) is 0 Å². The minimum Gasteiger partial charge on any atom is -0.481 e. The van der Waals surface area contributed by atoms with Gasteiger partial charge >= 0.3 is 11.9 Å². The number of aliphatic carboxylic acids is 2. The molecule has 0 aromatic heterocycles. The average Bonchev–Trinajstić information content (AvgIpc) is 2.24. The maximum atomic E-state index is 11.4. The fourth-order valence-electron chi connectivity index (χ4n) is 7.35. The Morgan fingerprint density at radius 3 is 1.71 bits per heavy atom. The van der Waals surface area contributed by atoms with Crippen LogP contribution in [-0.4, -0.2) is 22.2 Å². The van der Waals surface area contributed by atoms with Crippen LogP contribution in [0.3, 0.4) is 0 Å². The van der Waals surface area contributed by atoms with Crippen molar-refractivity contribution in [2.45, 2.75) is 6.92 Å². The standard InChI is InChI=1S/C13H14O4/c1-13-8-5-2-3(11(14)15)4(12(16)17)7(9(5)13)10(13)6(2)8/h2-10H,1H3,(H,14,15)(H,16,17)/t2?,3-,4-,5-,6+,7?,8?,9+,10-,13?/m0/s1. The van der Waals surface area contributed by atoms with Crippen molar-refractivity contribution in [1.82, 2.24) is 0 Å². The highest BCUT2D eigenvalue weighted by atomic mass is 16.4. The molecule has 0 radical (unpaired) electrons. The van der Waals surface area contributed by atoms with Gasteiger partial charge in [0, 0.05) is 0 Å². The van der Waals surface area contributed by atoms with Crippen molar-refractivity contribution in [3.05, 3.63) is 0 Å². The van der Waals surface area contributed by atoms with Crippen LogP contribution in [0, 0.1) is 58.7 Å². The third kappa shape index (κ3) is 0.526. The fourth-order valence-corrected chi connectivity index (χ4v) is 7.35. The van der Waals surface area contributed by atoms with Crippen molar-refractivity contribution >= 4 is 11.9 Å². The quantitative estimate of drug-likeness (QED) is 0.740. The average molecular weight is 234 g/mol. The molecule has 2 bridgehead atoms. The second-order valence-corrected chi connectivity index (χ2v) is 6.98. The minimum atomic E-state index is -0.873. The van der Waals surface area contributed by atoms with Crippen LogP contribution in [0.2, 0.25) is 0 Å². The summed E-state index contributed by atoms with van der Waals surface area (Å²) >= 11 is 0. The Bertz CT molecular complexity index is 478. The summed E-state index contributed by atoms with van der Waals surface area (Å²) in [6.07, 6.45) is 0. The van der Waals surface area contributed by atoms with Crippen LogP contribution < -0.4 is 0 Å². The lowest BCUT2D eigenvalue weighted by atomic mass is 9.04. The molecular weight excluding hydrogens is 220 g/mol. The van der Waals surface area contributed by atoms with Crippen molar-refractivity contribution in [3.8, 4) is 0 Å². The van der Waals surface area contributed by atoms with E-state index in [1.807, 2.05) is 0 Å². The minimum absolute atomic E-state index is 0.184. The fraction of sp³-hybridized carbons (Fsp3) is 0.846. The largest absolute Gasteiger partial charge is 0.481 e. The highest BCUT2D eigenvalue weighted by Gasteiger charge is 2.96. The molecule has 0 aliphatic heterocycles. The smallest absolute Gasteiger partial charge is 0.307 e. The predicted octanol–water partition coefficient (Wildman–Crippen LogP) is 0.776. The van der Waals surface area contributed by atoms with Gasteiger partial charge in [-0.25, -0.2) is 0 Å². The third-order valence-corrected chi connectivity index (χ3v) is 7.32.